The third-order valence-corrected chi connectivity index (χ3v) is 6.23. The quantitative estimate of drug-likeness (QED) is 0.0908. The number of aliphatic hydroxyl groups is 1. The first kappa shape index (κ1) is 32.0. The lowest BCUT2D eigenvalue weighted by Gasteiger charge is -2.36. The van der Waals surface area contributed by atoms with Gasteiger partial charge in [0, 0.05) is 6.42 Å². The molecule has 0 rings (SSSR count). The fraction of sp³-hybridized carbons (Fsp3) is 1.00. The summed E-state index contributed by atoms with van der Waals surface area (Å²) in [6, 6.07) is 0. The zero-order chi connectivity index (χ0) is 23.3. The monoisotopic (exact) mass is 454 g/mol. The molecule has 0 amide bonds. The summed E-state index contributed by atoms with van der Waals surface area (Å²) < 4.78 is 32.4. The first-order valence-corrected chi connectivity index (χ1v) is 13.7. The zero-order valence-corrected chi connectivity index (χ0v) is 21.1. The molecule has 0 aliphatic rings. The van der Waals surface area contributed by atoms with E-state index in [1.807, 2.05) is 0 Å². The molecule has 0 saturated carbocycles. The Labute approximate surface area is 187 Å². The van der Waals surface area contributed by atoms with Crippen molar-refractivity contribution in [3.63, 3.8) is 0 Å². The average molecular weight is 455 g/mol. The molecular formula is C23H52NO5S+. The number of nitrogens with zero attached hydrogens (tertiary/aromatic N) is 1. The molecular weight excluding hydrogens is 402 g/mol. The van der Waals surface area contributed by atoms with Crippen molar-refractivity contribution in [1.29, 1.82) is 0 Å². The van der Waals surface area contributed by atoms with Crippen molar-refractivity contribution in [2.45, 2.75) is 130 Å². The third kappa shape index (κ3) is 24.1. The van der Waals surface area contributed by atoms with E-state index in [0.29, 0.717) is 0 Å². The van der Waals surface area contributed by atoms with Gasteiger partial charge in [0.05, 0.1) is 20.1 Å². The molecule has 0 radical (unpaired) electrons. The molecule has 30 heavy (non-hydrogen) atoms. The Morgan fingerprint density at radius 2 is 0.900 bits per heavy atom. The van der Waals surface area contributed by atoms with Crippen LogP contribution in [-0.2, 0) is 10.4 Å². The van der Waals surface area contributed by atoms with Gasteiger partial charge in [-0.1, -0.05) is 96.8 Å². The molecule has 0 heterocycles. The van der Waals surface area contributed by atoms with E-state index in [2.05, 4.69) is 27.8 Å². The molecule has 0 aromatic rings. The smallest absolute Gasteiger partial charge is 0.345 e. The van der Waals surface area contributed by atoms with Crippen molar-refractivity contribution in [2.24, 2.45) is 0 Å². The Hall–Kier alpha value is -0.210. The summed E-state index contributed by atoms with van der Waals surface area (Å²) in [5.74, 6) is 0. The fourth-order valence-electron chi connectivity index (χ4n) is 3.66. The molecule has 6 nitrogen and oxygen atoms in total. The molecule has 0 fully saturated rings. The van der Waals surface area contributed by atoms with Gasteiger partial charge in [-0.05, 0) is 20.3 Å². The van der Waals surface area contributed by atoms with Gasteiger partial charge >= 0.3 is 10.4 Å². The molecule has 0 aromatic carbocycles. The number of rotatable bonds is 19. The standard InChI is InChI=1S/C23H50NO.H2O4S/c1-5-8-9-10-11-12-13-14-15-16-17-18-19-20-21-22-23(25)24(4,6-2)7-3;1-5(2,3)4/h23,25H,5-22H2,1-4H3;(H2,1,2,3,4)/q+1;. The second kappa shape index (κ2) is 20.7. The van der Waals surface area contributed by atoms with Gasteiger partial charge < -0.3 is 9.59 Å². The molecule has 3 N–H and O–H groups in total. The van der Waals surface area contributed by atoms with E-state index in [1.54, 1.807) is 0 Å². The largest absolute Gasteiger partial charge is 0.394 e. The minimum atomic E-state index is -4.67. The maximum atomic E-state index is 10.3. The van der Waals surface area contributed by atoms with Crippen LogP contribution in [0, 0.1) is 0 Å². The summed E-state index contributed by atoms with van der Waals surface area (Å²) in [4.78, 5) is 0. The molecule has 0 spiro atoms. The highest BCUT2D eigenvalue weighted by molar-refractivity contribution is 7.79. The van der Waals surface area contributed by atoms with Crippen LogP contribution in [0.25, 0.3) is 0 Å². The fourth-order valence-corrected chi connectivity index (χ4v) is 3.66. The maximum Gasteiger partial charge on any atom is 0.394 e. The van der Waals surface area contributed by atoms with Crippen LogP contribution in [0.3, 0.4) is 0 Å². The molecule has 184 valence electrons. The summed E-state index contributed by atoms with van der Waals surface area (Å²) in [7, 11) is -2.49. The summed E-state index contributed by atoms with van der Waals surface area (Å²) in [5, 5.41) is 10.3. The normalized spacial score (nSPS) is 13.0. The average Bonchev–Trinajstić information content (AvgIpc) is 2.68. The zero-order valence-electron chi connectivity index (χ0n) is 20.3. The van der Waals surface area contributed by atoms with E-state index in [4.69, 9.17) is 17.5 Å². The van der Waals surface area contributed by atoms with Crippen molar-refractivity contribution in [3.05, 3.63) is 0 Å². The first-order valence-electron chi connectivity index (χ1n) is 12.3. The Balaban J connectivity index is 0. The van der Waals surface area contributed by atoms with Crippen LogP contribution in [0.5, 0.6) is 0 Å². The summed E-state index contributed by atoms with van der Waals surface area (Å²) >= 11 is 0. The predicted molar refractivity (Wildman–Crippen MR) is 127 cm³/mol. The summed E-state index contributed by atoms with van der Waals surface area (Å²) in [6.45, 7) is 8.70. The van der Waals surface area contributed by atoms with E-state index in [1.165, 1.54) is 96.3 Å². The summed E-state index contributed by atoms with van der Waals surface area (Å²) in [6.07, 6.45) is 21.8. The maximum absolute atomic E-state index is 10.3. The van der Waals surface area contributed by atoms with Crippen molar-refractivity contribution in [2.75, 3.05) is 20.1 Å². The van der Waals surface area contributed by atoms with E-state index in [9.17, 15) is 5.11 Å². The third-order valence-electron chi connectivity index (χ3n) is 6.23. The van der Waals surface area contributed by atoms with Crippen molar-refractivity contribution in [1.82, 2.24) is 0 Å². The van der Waals surface area contributed by atoms with Crippen LogP contribution >= 0.6 is 0 Å². The minimum Gasteiger partial charge on any atom is -0.345 e. The van der Waals surface area contributed by atoms with Crippen LogP contribution in [0.4, 0.5) is 0 Å². The van der Waals surface area contributed by atoms with Crippen LogP contribution in [0.15, 0.2) is 0 Å². The Morgan fingerprint density at radius 1 is 0.633 bits per heavy atom. The van der Waals surface area contributed by atoms with Gasteiger partial charge in [0.2, 0.25) is 0 Å². The van der Waals surface area contributed by atoms with E-state index >= 15 is 0 Å². The van der Waals surface area contributed by atoms with Crippen LogP contribution in [0.1, 0.15) is 124 Å². The second-order valence-electron chi connectivity index (χ2n) is 8.78. The number of hydrogen-bond donors (Lipinski definition) is 3. The molecule has 0 aliphatic carbocycles. The SMILES string of the molecule is CCCCCCCCCCCCCCCCCC(O)[N+](C)(CC)CC.O=S(=O)(O)O. The molecule has 0 bridgehead atoms. The van der Waals surface area contributed by atoms with Gasteiger partial charge in [-0.2, -0.15) is 8.42 Å². The molecule has 0 aromatic heterocycles. The Kier molecular flexibility index (Phi) is 22.0. The lowest BCUT2D eigenvalue weighted by atomic mass is 10.0. The van der Waals surface area contributed by atoms with Crippen molar-refractivity contribution in [3.8, 4) is 0 Å². The van der Waals surface area contributed by atoms with Gasteiger partial charge in [-0.15, -0.1) is 0 Å². The van der Waals surface area contributed by atoms with Gasteiger partial charge in [-0.25, -0.2) is 0 Å². The number of unbranched alkanes of at least 4 members (excludes halogenated alkanes) is 14. The molecule has 0 saturated heterocycles. The lowest BCUT2D eigenvalue weighted by Crippen LogP contribution is -2.51. The topological polar surface area (TPSA) is 94.8 Å². The number of quaternary nitrogens is 1. The summed E-state index contributed by atoms with van der Waals surface area (Å²) in [5.41, 5.74) is 0. The van der Waals surface area contributed by atoms with Gasteiger partial charge in [0.1, 0.15) is 0 Å². The molecule has 0 aliphatic heterocycles. The van der Waals surface area contributed by atoms with Crippen LogP contribution in [-0.4, -0.2) is 53.5 Å². The second-order valence-corrected chi connectivity index (χ2v) is 9.67. The highest BCUT2D eigenvalue weighted by atomic mass is 32.3. The van der Waals surface area contributed by atoms with Gasteiger partial charge in [-0.3, -0.25) is 9.11 Å². The molecule has 1 atom stereocenters. The Morgan fingerprint density at radius 3 is 1.17 bits per heavy atom. The van der Waals surface area contributed by atoms with Crippen LogP contribution < -0.4 is 0 Å². The van der Waals surface area contributed by atoms with Gasteiger partial charge in [0.15, 0.2) is 6.23 Å². The van der Waals surface area contributed by atoms with E-state index in [0.717, 1.165) is 24.0 Å². The molecule has 1 unspecified atom stereocenters. The first-order chi connectivity index (χ1) is 14.1. The lowest BCUT2D eigenvalue weighted by molar-refractivity contribution is -0.951. The molecule has 7 heteroatoms. The van der Waals surface area contributed by atoms with Crippen molar-refractivity contribution < 1.29 is 27.1 Å². The van der Waals surface area contributed by atoms with E-state index in [-0.39, 0.29) is 6.23 Å². The Bertz CT molecular complexity index is 445. The van der Waals surface area contributed by atoms with Crippen molar-refractivity contribution >= 4 is 10.4 Å². The number of aliphatic hydroxyl groups excluding tert-OH is 1. The highest BCUT2D eigenvalue weighted by Crippen LogP contribution is 2.16. The number of hydrogen-bond acceptors (Lipinski definition) is 3. The minimum absolute atomic E-state index is 0.169. The van der Waals surface area contributed by atoms with Crippen LogP contribution in [0.2, 0.25) is 0 Å². The predicted octanol–water partition coefficient (Wildman–Crippen LogP) is 6.40. The van der Waals surface area contributed by atoms with E-state index < -0.39 is 10.4 Å². The van der Waals surface area contributed by atoms with Gasteiger partial charge in [0.25, 0.3) is 0 Å². The highest BCUT2D eigenvalue weighted by Gasteiger charge is 2.26.